The Bertz CT molecular complexity index is 892. The van der Waals surface area contributed by atoms with Gasteiger partial charge in [0, 0.05) is 45.5 Å². The standard InChI is InChI=1S/C24H35N5O3.HI/c1-6-25-24(27-16-20-18(2)8-7-9-26-20)29-12-10-28(11-13-29)17-19-14-21(30-3)23(32-5)22(15-19)31-4;/h7-9,14-15H,6,10-13,16-17H2,1-5H3,(H,25,27);1H. The van der Waals surface area contributed by atoms with Gasteiger partial charge in [-0.25, -0.2) is 4.99 Å². The molecule has 182 valence electrons. The summed E-state index contributed by atoms with van der Waals surface area (Å²) in [6, 6.07) is 8.08. The number of aliphatic imine (C=N–C) groups is 1. The third-order valence-corrected chi connectivity index (χ3v) is 5.63. The fraction of sp³-hybridized carbons (Fsp3) is 0.500. The fourth-order valence-electron chi connectivity index (χ4n) is 3.86. The predicted molar refractivity (Wildman–Crippen MR) is 142 cm³/mol. The quantitative estimate of drug-likeness (QED) is 0.297. The maximum Gasteiger partial charge on any atom is 0.203 e. The van der Waals surface area contributed by atoms with E-state index in [4.69, 9.17) is 19.2 Å². The number of ether oxygens (including phenoxy) is 3. The zero-order chi connectivity index (χ0) is 22.9. The molecular formula is C24H36IN5O3. The van der Waals surface area contributed by atoms with Gasteiger partial charge in [0.15, 0.2) is 17.5 Å². The lowest BCUT2D eigenvalue weighted by Gasteiger charge is -2.36. The first kappa shape index (κ1) is 27.0. The Morgan fingerprint density at radius 3 is 2.27 bits per heavy atom. The van der Waals surface area contributed by atoms with Gasteiger partial charge in [-0.1, -0.05) is 6.07 Å². The minimum absolute atomic E-state index is 0. The Labute approximate surface area is 214 Å². The lowest BCUT2D eigenvalue weighted by Crippen LogP contribution is -2.52. The first-order chi connectivity index (χ1) is 15.6. The first-order valence-corrected chi connectivity index (χ1v) is 11.0. The molecule has 33 heavy (non-hydrogen) atoms. The monoisotopic (exact) mass is 569 g/mol. The molecular weight excluding hydrogens is 533 g/mol. The average molecular weight is 569 g/mol. The molecule has 0 saturated carbocycles. The molecule has 1 aliphatic rings. The van der Waals surface area contributed by atoms with Crippen LogP contribution in [0.1, 0.15) is 23.7 Å². The van der Waals surface area contributed by atoms with E-state index in [0.717, 1.165) is 56.5 Å². The molecule has 0 amide bonds. The van der Waals surface area contributed by atoms with Crippen LogP contribution in [0.5, 0.6) is 17.2 Å². The summed E-state index contributed by atoms with van der Waals surface area (Å²) in [5.74, 6) is 2.95. The predicted octanol–water partition coefficient (Wildman–Crippen LogP) is 3.32. The van der Waals surface area contributed by atoms with Gasteiger partial charge in [-0.05, 0) is 43.2 Å². The van der Waals surface area contributed by atoms with Gasteiger partial charge in [-0.2, -0.15) is 0 Å². The molecule has 0 spiro atoms. The molecule has 1 fully saturated rings. The number of nitrogens with one attached hydrogen (secondary N) is 1. The number of guanidine groups is 1. The van der Waals surface area contributed by atoms with Gasteiger partial charge >= 0.3 is 0 Å². The lowest BCUT2D eigenvalue weighted by atomic mass is 10.1. The molecule has 0 radical (unpaired) electrons. The molecule has 2 aromatic rings. The van der Waals surface area contributed by atoms with E-state index in [1.54, 1.807) is 21.3 Å². The van der Waals surface area contributed by atoms with E-state index in [9.17, 15) is 0 Å². The number of aryl methyl sites for hydroxylation is 1. The summed E-state index contributed by atoms with van der Waals surface area (Å²) in [7, 11) is 4.92. The highest BCUT2D eigenvalue weighted by Crippen LogP contribution is 2.38. The van der Waals surface area contributed by atoms with E-state index >= 15 is 0 Å². The normalized spacial score (nSPS) is 14.5. The zero-order valence-electron chi connectivity index (χ0n) is 20.3. The highest BCUT2D eigenvalue weighted by atomic mass is 127. The van der Waals surface area contributed by atoms with E-state index in [0.29, 0.717) is 23.8 Å². The summed E-state index contributed by atoms with van der Waals surface area (Å²) in [5.41, 5.74) is 3.32. The Balaban J connectivity index is 0.00000385. The number of methoxy groups -OCH3 is 3. The summed E-state index contributed by atoms with van der Waals surface area (Å²) in [6.07, 6.45) is 1.83. The van der Waals surface area contributed by atoms with Crippen molar-refractivity contribution in [2.75, 3.05) is 54.1 Å². The van der Waals surface area contributed by atoms with E-state index in [2.05, 4.69) is 40.0 Å². The molecule has 1 saturated heterocycles. The van der Waals surface area contributed by atoms with Gasteiger partial charge in [-0.15, -0.1) is 24.0 Å². The SMILES string of the molecule is CCNC(=NCc1ncccc1C)N1CCN(Cc2cc(OC)c(OC)c(OC)c2)CC1.I. The first-order valence-electron chi connectivity index (χ1n) is 11.0. The molecule has 0 unspecified atom stereocenters. The van der Waals surface area contributed by atoms with Gasteiger partial charge in [0.05, 0.1) is 33.6 Å². The van der Waals surface area contributed by atoms with E-state index < -0.39 is 0 Å². The van der Waals surface area contributed by atoms with Crippen LogP contribution in [0.2, 0.25) is 0 Å². The lowest BCUT2D eigenvalue weighted by molar-refractivity contribution is 0.172. The number of hydrogen-bond donors (Lipinski definition) is 1. The smallest absolute Gasteiger partial charge is 0.203 e. The van der Waals surface area contributed by atoms with Crippen LogP contribution >= 0.6 is 24.0 Å². The Morgan fingerprint density at radius 2 is 1.73 bits per heavy atom. The number of benzene rings is 1. The number of aromatic nitrogens is 1. The van der Waals surface area contributed by atoms with Crippen LogP contribution in [0.15, 0.2) is 35.5 Å². The van der Waals surface area contributed by atoms with Gasteiger partial charge in [0.25, 0.3) is 0 Å². The number of pyridine rings is 1. The van der Waals surface area contributed by atoms with E-state index in [-0.39, 0.29) is 24.0 Å². The van der Waals surface area contributed by atoms with Crippen LogP contribution in [0.4, 0.5) is 0 Å². The van der Waals surface area contributed by atoms with Crippen molar-refractivity contribution in [3.63, 3.8) is 0 Å². The van der Waals surface area contributed by atoms with Gasteiger partial charge in [0.1, 0.15) is 0 Å². The number of hydrogen-bond acceptors (Lipinski definition) is 6. The summed E-state index contributed by atoms with van der Waals surface area (Å²) >= 11 is 0. The van der Waals surface area contributed by atoms with Crippen molar-refractivity contribution in [2.24, 2.45) is 4.99 Å². The van der Waals surface area contributed by atoms with Crippen molar-refractivity contribution in [2.45, 2.75) is 26.9 Å². The second-order valence-electron chi connectivity index (χ2n) is 7.73. The highest BCUT2D eigenvalue weighted by Gasteiger charge is 2.21. The third kappa shape index (κ3) is 7.10. The Morgan fingerprint density at radius 1 is 1.06 bits per heavy atom. The van der Waals surface area contributed by atoms with Crippen LogP contribution in [0.25, 0.3) is 0 Å². The molecule has 9 heteroatoms. The van der Waals surface area contributed by atoms with Crippen molar-refractivity contribution in [1.82, 2.24) is 20.1 Å². The summed E-state index contributed by atoms with van der Waals surface area (Å²) in [4.78, 5) is 14.1. The van der Waals surface area contributed by atoms with Crippen LogP contribution < -0.4 is 19.5 Å². The average Bonchev–Trinajstić information content (AvgIpc) is 2.82. The fourth-order valence-corrected chi connectivity index (χ4v) is 3.86. The van der Waals surface area contributed by atoms with E-state index in [1.165, 1.54) is 5.56 Å². The molecule has 0 aliphatic carbocycles. The molecule has 8 nitrogen and oxygen atoms in total. The van der Waals surface area contributed by atoms with Crippen LogP contribution in [-0.2, 0) is 13.1 Å². The second kappa shape index (κ2) is 13.4. The molecule has 0 atom stereocenters. The van der Waals surface area contributed by atoms with Gasteiger partial charge in [0.2, 0.25) is 5.75 Å². The number of rotatable bonds is 8. The van der Waals surface area contributed by atoms with E-state index in [1.807, 2.05) is 24.4 Å². The van der Waals surface area contributed by atoms with Gasteiger partial charge in [-0.3, -0.25) is 9.88 Å². The van der Waals surface area contributed by atoms with Crippen LogP contribution in [-0.4, -0.2) is 74.8 Å². The summed E-state index contributed by atoms with van der Waals surface area (Å²) in [6.45, 7) is 10.1. The second-order valence-corrected chi connectivity index (χ2v) is 7.73. The Kier molecular flexibility index (Phi) is 11.0. The third-order valence-electron chi connectivity index (χ3n) is 5.63. The topological polar surface area (TPSA) is 71.5 Å². The van der Waals surface area contributed by atoms with Crippen molar-refractivity contribution in [1.29, 1.82) is 0 Å². The maximum absolute atomic E-state index is 5.49. The highest BCUT2D eigenvalue weighted by molar-refractivity contribution is 14.0. The van der Waals surface area contributed by atoms with Crippen LogP contribution in [0.3, 0.4) is 0 Å². The molecule has 1 aromatic heterocycles. The zero-order valence-corrected chi connectivity index (χ0v) is 22.6. The molecule has 1 aliphatic heterocycles. The molecule has 3 rings (SSSR count). The van der Waals surface area contributed by atoms with Crippen molar-refractivity contribution < 1.29 is 14.2 Å². The minimum Gasteiger partial charge on any atom is -0.493 e. The molecule has 2 heterocycles. The van der Waals surface area contributed by atoms with Crippen molar-refractivity contribution >= 4 is 29.9 Å². The van der Waals surface area contributed by atoms with Crippen molar-refractivity contribution in [3.8, 4) is 17.2 Å². The van der Waals surface area contributed by atoms with Crippen molar-refractivity contribution in [3.05, 3.63) is 47.3 Å². The molecule has 1 N–H and O–H groups in total. The van der Waals surface area contributed by atoms with Crippen LogP contribution in [0, 0.1) is 6.92 Å². The largest absolute Gasteiger partial charge is 0.493 e. The summed E-state index contributed by atoms with van der Waals surface area (Å²) in [5, 5.41) is 3.43. The number of nitrogens with zero attached hydrogens (tertiary/aromatic N) is 4. The number of halogens is 1. The molecule has 0 bridgehead atoms. The number of piperazine rings is 1. The minimum atomic E-state index is 0. The Hall–Kier alpha value is -2.27. The molecule has 1 aromatic carbocycles. The summed E-state index contributed by atoms with van der Waals surface area (Å²) < 4.78 is 16.4. The maximum atomic E-state index is 5.49. The van der Waals surface area contributed by atoms with Gasteiger partial charge < -0.3 is 24.4 Å².